The van der Waals surface area contributed by atoms with Crippen molar-refractivity contribution >= 4 is 11.6 Å². The minimum atomic E-state index is -0.295. The SMILES string of the molecule is O=C1C(NCCc2ccc(O)c(O)c2)=CC(=O)c2[nH]ncc21. The molecule has 1 aromatic carbocycles. The fraction of sp³-hybridized carbons (Fsp3) is 0.133. The molecule has 7 nitrogen and oxygen atoms in total. The molecule has 1 heterocycles. The maximum absolute atomic E-state index is 12.1. The lowest BCUT2D eigenvalue weighted by molar-refractivity contribution is 0.0976. The van der Waals surface area contributed by atoms with Gasteiger partial charge in [0.25, 0.3) is 0 Å². The van der Waals surface area contributed by atoms with Crippen LogP contribution < -0.4 is 5.32 Å². The predicted molar refractivity (Wildman–Crippen MR) is 76.8 cm³/mol. The van der Waals surface area contributed by atoms with Crippen LogP contribution >= 0.6 is 0 Å². The fourth-order valence-electron chi connectivity index (χ4n) is 2.26. The average molecular weight is 299 g/mol. The number of allylic oxidation sites excluding steroid dienone is 2. The summed E-state index contributed by atoms with van der Waals surface area (Å²) in [5, 5.41) is 27.8. The lowest BCUT2D eigenvalue weighted by atomic mass is 9.99. The Hall–Kier alpha value is -3.09. The molecule has 112 valence electrons. The minimum Gasteiger partial charge on any atom is -0.504 e. The van der Waals surface area contributed by atoms with Crippen LogP contribution in [0, 0.1) is 0 Å². The molecule has 0 saturated heterocycles. The Bertz CT molecular complexity index is 792. The first-order chi connectivity index (χ1) is 10.6. The molecular weight excluding hydrogens is 286 g/mol. The number of hydrogen-bond donors (Lipinski definition) is 4. The first-order valence-electron chi connectivity index (χ1n) is 6.65. The van der Waals surface area contributed by atoms with Crippen LogP contribution in [0.4, 0.5) is 0 Å². The Morgan fingerprint density at radius 3 is 2.77 bits per heavy atom. The van der Waals surface area contributed by atoms with E-state index in [1.54, 1.807) is 6.07 Å². The highest BCUT2D eigenvalue weighted by Gasteiger charge is 2.27. The number of rotatable bonds is 4. The number of benzene rings is 1. The second-order valence-corrected chi connectivity index (χ2v) is 4.91. The quantitative estimate of drug-likeness (QED) is 0.624. The number of H-pyrrole nitrogens is 1. The average Bonchev–Trinajstić information content (AvgIpc) is 2.98. The monoisotopic (exact) mass is 299 g/mol. The van der Waals surface area contributed by atoms with E-state index in [1.807, 2.05) is 0 Å². The topological polar surface area (TPSA) is 115 Å². The number of nitrogens with one attached hydrogen (secondary N) is 2. The van der Waals surface area contributed by atoms with Gasteiger partial charge in [-0.05, 0) is 24.1 Å². The number of aromatic amines is 1. The van der Waals surface area contributed by atoms with Crippen LogP contribution in [0.3, 0.4) is 0 Å². The Kier molecular flexibility index (Phi) is 3.38. The van der Waals surface area contributed by atoms with Crippen LogP contribution in [0.25, 0.3) is 0 Å². The van der Waals surface area contributed by atoms with Gasteiger partial charge in [-0.2, -0.15) is 5.10 Å². The zero-order valence-corrected chi connectivity index (χ0v) is 11.5. The standard InChI is InChI=1S/C15H13N3O4/c19-11-2-1-8(5-12(11)20)3-4-16-10-6-13(21)14-9(15(10)22)7-17-18-14/h1-2,5-7,16,19-20H,3-4H2,(H,17,18). The van der Waals surface area contributed by atoms with E-state index < -0.39 is 0 Å². The molecule has 1 aliphatic carbocycles. The maximum Gasteiger partial charge on any atom is 0.212 e. The zero-order chi connectivity index (χ0) is 15.7. The number of ketones is 2. The predicted octanol–water partition coefficient (Wildman–Crippen LogP) is 0.916. The minimum absolute atomic E-state index is 0.181. The third kappa shape index (κ3) is 2.44. The number of nitrogens with zero attached hydrogens (tertiary/aromatic N) is 1. The molecule has 3 rings (SSSR count). The maximum atomic E-state index is 12.1. The molecule has 0 aliphatic heterocycles. The van der Waals surface area contributed by atoms with E-state index in [0.717, 1.165) is 5.56 Å². The van der Waals surface area contributed by atoms with Crippen molar-refractivity contribution in [3.63, 3.8) is 0 Å². The summed E-state index contributed by atoms with van der Waals surface area (Å²) in [6, 6.07) is 4.53. The Labute approximate surface area is 125 Å². The third-order valence-corrected chi connectivity index (χ3v) is 3.42. The summed E-state index contributed by atoms with van der Waals surface area (Å²) in [4.78, 5) is 24.0. The van der Waals surface area contributed by atoms with Gasteiger partial charge in [-0.1, -0.05) is 6.07 Å². The summed E-state index contributed by atoms with van der Waals surface area (Å²) in [6.07, 6.45) is 3.10. The van der Waals surface area contributed by atoms with Crippen LogP contribution in [-0.4, -0.2) is 38.5 Å². The molecule has 1 aliphatic rings. The summed E-state index contributed by atoms with van der Waals surface area (Å²) in [5.74, 6) is -0.947. The van der Waals surface area contributed by atoms with Crippen molar-refractivity contribution in [2.24, 2.45) is 0 Å². The highest BCUT2D eigenvalue weighted by Crippen LogP contribution is 2.25. The normalized spacial score (nSPS) is 13.7. The van der Waals surface area contributed by atoms with E-state index >= 15 is 0 Å². The summed E-state index contributed by atoms with van der Waals surface area (Å²) in [5.41, 5.74) is 1.49. The van der Waals surface area contributed by atoms with Gasteiger partial charge in [0, 0.05) is 12.6 Å². The van der Waals surface area contributed by atoms with Gasteiger partial charge in [-0.25, -0.2) is 0 Å². The summed E-state index contributed by atoms with van der Waals surface area (Å²) < 4.78 is 0. The second kappa shape index (κ2) is 5.36. The van der Waals surface area contributed by atoms with Gasteiger partial charge in [-0.15, -0.1) is 0 Å². The van der Waals surface area contributed by atoms with Gasteiger partial charge in [0.15, 0.2) is 11.5 Å². The molecule has 2 aromatic rings. The largest absolute Gasteiger partial charge is 0.504 e. The Morgan fingerprint density at radius 1 is 1.18 bits per heavy atom. The van der Waals surface area contributed by atoms with Crippen LogP contribution in [0.2, 0.25) is 0 Å². The van der Waals surface area contributed by atoms with Gasteiger partial charge < -0.3 is 15.5 Å². The lowest BCUT2D eigenvalue weighted by Gasteiger charge is -2.13. The van der Waals surface area contributed by atoms with Gasteiger partial charge in [-0.3, -0.25) is 14.7 Å². The molecule has 0 bridgehead atoms. The zero-order valence-electron chi connectivity index (χ0n) is 11.5. The number of Topliss-reactive ketones (excluding diaryl/α,β-unsaturated/α-hetero) is 1. The number of phenols is 2. The number of aromatic nitrogens is 2. The number of carbonyl (C=O) groups is 2. The molecule has 7 heteroatoms. The van der Waals surface area contributed by atoms with Gasteiger partial charge in [0.05, 0.1) is 17.5 Å². The fourth-order valence-corrected chi connectivity index (χ4v) is 2.26. The molecule has 0 saturated carbocycles. The smallest absolute Gasteiger partial charge is 0.212 e. The van der Waals surface area contributed by atoms with Gasteiger partial charge in [0.1, 0.15) is 5.69 Å². The van der Waals surface area contributed by atoms with Crippen molar-refractivity contribution in [1.82, 2.24) is 15.5 Å². The van der Waals surface area contributed by atoms with E-state index in [-0.39, 0.29) is 40.0 Å². The Balaban J connectivity index is 1.66. The number of phenolic OH excluding ortho intramolecular Hbond substituents is 2. The van der Waals surface area contributed by atoms with E-state index in [9.17, 15) is 19.8 Å². The van der Waals surface area contributed by atoms with E-state index in [4.69, 9.17) is 0 Å². The van der Waals surface area contributed by atoms with Crippen molar-refractivity contribution in [1.29, 1.82) is 0 Å². The molecule has 0 spiro atoms. The summed E-state index contributed by atoms with van der Waals surface area (Å²) >= 11 is 0. The molecule has 0 amide bonds. The second-order valence-electron chi connectivity index (χ2n) is 4.91. The van der Waals surface area contributed by atoms with Crippen LogP contribution in [0.15, 0.2) is 36.2 Å². The van der Waals surface area contributed by atoms with E-state index in [1.165, 1.54) is 24.4 Å². The number of carbonyl (C=O) groups excluding carboxylic acids is 2. The molecule has 0 radical (unpaired) electrons. The van der Waals surface area contributed by atoms with Crippen LogP contribution in [0.1, 0.15) is 26.4 Å². The first-order valence-corrected chi connectivity index (χ1v) is 6.65. The highest BCUT2D eigenvalue weighted by atomic mass is 16.3. The van der Waals surface area contributed by atoms with E-state index in [0.29, 0.717) is 13.0 Å². The van der Waals surface area contributed by atoms with Crippen LogP contribution in [-0.2, 0) is 6.42 Å². The van der Waals surface area contributed by atoms with Crippen molar-refractivity contribution in [3.8, 4) is 11.5 Å². The molecule has 0 fully saturated rings. The van der Waals surface area contributed by atoms with Crippen molar-refractivity contribution in [3.05, 3.63) is 53.0 Å². The molecule has 22 heavy (non-hydrogen) atoms. The summed E-state index contributed by atoms with van der Waals surface area (Å²) in [7, 11) is 0. The number of aromatic hydroxyl groups is 2. The molecule has 4 N–H and O–H groups in total. The van der Waals surface area contributed by atoms with Crippen LogP contribution in [0.5, 0.6) is 11.5 Å². The van der Waals surface area contributed by atoms with E-state index in [2.05, 4.69) is 15.5 Å². The molecule has 0 atom stereocenters. The van der Waals surface area contributed by atoms with Gasteiger partial charge in [0.2, 0.25) is 11.6 Å². The number of hydrogen-bond acceptors (Lipinski definition) is 6. The van der Waals surface area contributed by atoms with Crippen molar-refractivity contribution in [2.45, 2.75) is 6.42 Å². The lowest BCUT2D eigenvalue weighted by Crippen LogP contribution is -2.27. The van der Waals surface area contributed by atoms with Crippen molar-refractivity contribution < 1.29 is 19.8 Å². The first kappa shape index (κ1) is 13.9. The molecule has 1 aromatic heterocycles. The van der Waals surface area contributed by atoms with Gasteiger partial charge >= 0.3 is 0 Å². The Morgan fingerprint density at radius 2 is 2.00 bits per heavy atom. The highest BCUT2D eigenvalue weighted by molar-refractivity contribution is 6.23. The number of fused-ring (bicyclic) bond motifs is 1. The third-order valence-electron chi connectivity index (χ3n) is 3.42. The summed E-state index contributed by atoms with van der Waals surface area (Å²) in [6.45, 7) is 0.405. The molecule has 0 unspecified atom stereocenters. The van der Waals surface area contributed by atoms with Crippen molar-refractivity contribution in [2.75, 3.05) is 6.54 Å². The molecular formula is C15H13N3O4.